The number of aromatic nitrogens is 1. The van der Waals surface area contributed by atoms with Crippen molar-refractivity contribution in [3.05, 3.63) is 61.6 Å². The van der Waals surface area contributed by atoms with Gasteiger partial charge >= 0.3 is 6.18 Å². The number of Topliss-reactive ketones (excluding diaryl/α,β-unsaturated/α-hetero) is 1. The lowest BCUT2D eigenvalue weighted by Gasteiger charge is -2.04. The van der Waals surface area contributed by atoms with Gasteiger partial charge in [0.05, 0.1) is 15.4 Å². The lowest BCUT2D eigenvalue weighted by Crippen LogP contribution is -2.31. The molecule has 0 fully saturated rings. The van der Waals surface area contributed by atoms with Gasteiger partial charge in [0.15, 0.2) is 0 Å². The molecule has 13 heteroatoms. The first-order valence-electron chi connectivity index (χ1n) is 7.91. The fraction of sp³-hybridized carbons (Fsp3) is 0.118. The lowest BCUT2D eigenvalue weighted by atomic mass is 10.2. The molecule has 1 aromatic carbocycles. The molecule has 6 nitrogen and oxygen atoms in total. The molecule has 30 heavy (non-hydrogen) atoms. The van der Waals surface area contributed by atoms with Crippen molar-refractivity contribution in [2.24, 2.45) is 0 Å². The first-order chi connectivity index (χ1) is 13.9. The van der Waals surface area contributed by atoms with Gasteiger partial charge in [0.2, 0.25) is 10.0 Å². The highest BCUT2D eigenvalue weighted by molar-refractivity contribution is 7.89. The maximum absolute atomic E-state index is 12.5. The monoisotopic (exact) mass is 494 g/mol. The van der Waals surface area contributed by atoms with Gasteiger partial charge in [-0.15, -0.1) is 22.7 Å². The molecule has 0 radical (unpaired) electrons. The van der Waals surface area contributed by atoms with E-state index in [0.717, 1.165) is 29.0 Å². The van der Waals surface area contributed by atoms with Crippen LogP contribution in [-0.4, -0.2) is 31.3 Å². The number of rotatable bonds is 6. The van der Waals surface area contributed by atoms with Gasteiger partial charge in [0.25, 0.3) is 11.7 Å². The largest absolute Gasteiger partial charge is 0.455 e. The molecule has 158 valence electrons. The van der Waals surface area contributed by atoms with Gasteiger partial charge in [-0.3, -0.25) is 9.59 Å². The summed E-state index contributed by atoms with van der Waals surface area (Å²) in [5.74, 6) is -3.83. The van der Waals surface area contributed by atoms with Gasteiger partial charge in [0.1, 0.15) is 10.8 Å². The molecule has 0 unspecified atom stereocenters. The fourth-order valence-corrected chi connectivity index (χ4v) is 5.47. The Morgan fingerprint density at radius 1 is 1.07 bits per heavy atom. The van der Waals surface area contributed by atoms with Crippen molar-refractivity contribution in [3.63, 3.8) is 0 Å². The van der Waals surface area contributed by atoms with E-state index in [9.17, 15) is 31.2 Å². The highest BCUT2D eigenvalue weighted by atomic mass is 35.5. The third kappa shape index (κ3) is 5.45. The Bertz CT molecular complexity index is 1200. The van der Waals surface area contributed by atoms with Gasteiger partial charge in [-0.2, -0.15) is 13.2 Å². The number of ketones is 1. The maximum atomic E-state index is 12.5. The standard InChI is InChI=1S/C17H10ClF3N2O4S3/c18-10-3-1-9(2-4-10)11-7-28-14(22-11)8-30(26,27)23-16(25)13-6-5-12(29-13)15(24)17(19,20)21/h1-7H,8H2,(H,23,25). The number of halogens is 4. The zero-order chi connectivity index (χ0) is 22.1. The molecule has 0 spiro atoms. The minimum absolute atomic E-state index is 0.208. The van der Waals surface area contributed by atoms with Crippen LogP contribution in [0.2, 0.25) is 5.02 Å². The van der Waals surface area contributed by atoms with Crippen molar-refractivity contribution in [2.45, 2.75) is 11.9 Å². The number of thiazole rings is 1. The summed E-state index contributed by atoms with van der Waals surface area (Å²) < 4.78 is 63.6. The normalized spacial score (nSPS) is 12.0. The van der Waals surface area contributed by atoms with E-state index in [-0.39, 0.29) is 21.2 Å². The number of nitrogens with zero attached hydrogens (tertiary/aromatic N) is 1. The predicted octanol–water partition coefficient (Wildman–Crippen LogP) is 4.53. The summed E-state index contributed by atoms with van der Waals surface area (Å²) in [6.07, 6.45) is -5.09. The molecule has 2 aromatic heterocycles. The Kier molecular flexibility index (Phi) is 6.32. The summed E-state index contributed by atoms with van der Waals surface area (Å²) in [5.41, 5.74) is 1.26. The van der Waals surface area contributed by atoms with Crippen molar-refractivity contribution >= 4 is 56.0 Å². The molecule has 0 saturated heterocycles. The minimum atomic E-state index is -5.09. The number of thiophene rings is 1. The van der Waals surface area contributed by atoms with E-state index >= 15 is 0 Å². The van der Waals surface area contributed by atoms with Gasteiger partial charge in [-0.25, -0.2) is 18.1 Å². The summed E-state index contributed by atoms with van der Waals surface area (Å²) in [6, 6.07) is 8.53. The average molecular weight is 495 g/mol. The summed E-state index contributed by atoms with van der Waals surface area (Å²) >= 11 is 7.14. The van der Waals surface area contributed by atoms with Crippen molar-refractivity contribution < 1.29 is 31.2 Å². The number of nitrogens with one attached hydrogen (secondary N) is 1. The van der Waals surface area contributed by atoms with E-state index in [1.807, 2.05) is 0 Å². The third-order valence-electron chi connectivity index (χ3n) is 3.56. The highest BCUT2D eigenvalue weighted by Crippen LogP contribution is 2.27. The lowest BCUT2D eigenvalue weighted by molar-refractivity contribution is -0.0882. The maximum Gasteiger partial charge on any atom is 0.455 e. The van der Waals surface area contributed by atoms with Crippen molar-refractivity contribution in [2.75, 3.05) is 0 Å². The van der Waals surface area contributed by atoms with Crippen LogP contribution < -0.4 is 4.72 Å². The van der Waals surface area contributed by atoms with Gasteiger partial charge < -0.3 is 0 Å². The van der Waals surface area contributed by atoms with Crippen LogP contribution in [0.4, 0.5) is 13.2 Å². The second-order valence-electron chi connectivity index (χ2n) is 5.81. The van der Waals surface area contributed by atoms with Gasteiger partial charge in [0, 0.05) is 16.0 Å². The summed E-state index contributed by atoms with van der Waals surface area (Å²) in [5, 5.41) is 2.39. The van der Waals surface area contributed by atoms with Crippen molar-refractivity contribution in [3.8, 4) is 11.3 Å². The van der Waals surface area contributed by atoms with Crippen LogP contribution in [0.1, 0.15) is 24.4 Å². The Labute approximate surface area is 181 Å². The molecule has 3 rings (SSSR count). The van der Waals surface area contributed by atoms with Gasteiger partial charge in [-0.1, -0.05) is 23.7 Å². The smallest absolute Gasteiger partial charge is 0.283 e. The topological polar surface area (TPSA) is 93.2 Å². The third-order valence-corrected chi connectivity index (χ3v) is 7.08. The van der Waals surface area contributed by atoms with Crippen LogP contribution in [-0.2, 0) is 15.8 Å². The zero-order valence-corrected chi connectivity index (χ0v) is 17.8. The van der Waals surface area contributed by atoms with Crippen molar-refractivity contribution in [1.29, 1.82) is 0 Å². The summed E-state index contributed by atoms with van der Waals surface area (Å²) in [7, 11) is -4.17. The fourth-order valence-electron chi connectivity index (χ4n) is 2.24. The average Bonchev–Trinajstić information content (AvgIpc) is 3.30. The molecule has 1 N–H and O–H groups in total. The predicted molar refractivity (Wildman–Crippen MR) is 107 cm³/mol. The van der Waals surface area contributed by atoms with Gasteiger partial charge in [-0.05, 0) is 24.3 Å². The molecule has 0 aliphatic rings. The van der Waals surface area contributed by atoms with E-state index in [0.29, 0.717) is 10.7 Å². The first kappa shape index (κ1) is 22.4. The first-order valence-corrected chi connectivity index (χ1v) is 11.6. The minimum Gasteiger partial charge on any atom is -0.283 e. The number of sulfonamides is 1. The summed E-state index contributed by atoms with van der Waals surface area (Å²) in [4.78, 5) is 26.4. The highest BCUT2D eigenvalue weighted by Gasteiger charge is 2.40. The van der Waals surface area contributed by atoms with Crippen LogP contribution in [0, 0.1) is 0 Å². The second-order valence-corrected chi connectivity index (χ2v) is 10.00. The number of carbonyl (C=O) groups excluding carboxylic acids is 2. The van der Waals surface area contributed by atoms with Crippen LogP contribution in [0.15, 0.2) is 41.8 Å². The van der Waals surface area contributed by atoms with E-state index in [2.05, 4.69) is 4.98 Å². The van der Waals surface area contributed by atoms with Crippen LogP contribution >= 0.6 is 34.3 Å². The number of alkyl halides is 3. The number of hydrogen-bond acceptors (Lipinski definition) is 7. The molecule has 2 heterocycles. The van der Waals surface area contributed by atoms with Crippen molar-refractivity contribution in [1.82, 2.24) is 9.71 Å². The van der Waals surface area contributed by atoms with E-state index in [4.69, 9.17) is 11.6 Å². The molecule has 0 atom stereocenters. The van der Waals surface area contributed by atoms with E-state index < -0.39 is 38.5 Å². The quantitative estimate of drug-likeness (QED) is 0.508. The molecule has 1 amide bonds. The molecular weight excluding hydrogens is 485 g/mol. The zero-order valence-electron chi connectivity index (χ0n) is 14.6. The van der Waals surface area contributed by atoms with Crippen LogP contribution in [0.5, 0.6) is 0 Å². The Morgan fingerprint density at radius 3 is 2.33 bits per heavy atom. The van der Waals surface area contributed by atoms with Crippen LogP contribution in [0.25, 0.3) is 11.3 Å². The molecule has 3 aromatic rings. The van der Waals surface area contributed by atoms with Crippen LogP contribution in [0.3, 0.4) is 0 Å². The second kappa shape index (κ2) is 8.46. The SMILES string of the molecule is O=C(NS(=O)(=O)Cc1nc(-c2ccc(Cl)cc2)cs1)c1ccc(C(=O)C(F)(F)F)s1. The molecule has 0 saturated carbocycles. The number of amides is 1. The molecule has 0 bridgehead atoms. The van der Waals surface area contributed by atoms with E-state index in [1.54, 1.807) is 34.4 Å². The molecule has 0 aliphatic heterocycles. The number of carbonyl (C=O) groups is 2. The Balaban J connectivity index is 1.68. The molecular formula is C17H10ClF3N2O4S3. The molecule has 0 aliphatic carbocycles. The Hall–Kier alpha value is -2.28. The Morgan fingerprint density at radius 2 is 1.70 bits per heavy atom. The summed E-state index contributed by atoms with van der Waals surface area (Å²) in [6.45, 7) is 0. The number of hydrogen-bond donors (Lipinski definition) is 1. The van der Waals surface area contributed by atoms with E-state index in [1.165, 1.54) is 0 Å². The number of benzene rings is 1.